The zero-order chi connectivity index (χ0) is 63.5. The molecule has 2 aliphatic heterocycles. The average molecular weight is 1340 g/mol. The zero-order valence-corrected chi connectivity index (χ0v) is 54.2. The van der Waals surface area contributed by atoms with Crippen molar-refractivity contribution in [3.63, 3.8) is 0 Å². The molecule has 0 radical (unpaired) electrons. The Hall–Kier alpha value is -6.71. The van der Waals surface area contributed by atoms with Crippen molar-refractivity contribution in [2.45, 2.75) is 104 Å². The minimum atomic E-state index is -4.73. The van der Waals surface area contributed by atoms with Gasteiger partial charge in [0.15, 0.2) is 11.6 Å². The Labute approximate surface area is 531 Å². The largest absolute Gasteiger partial charge is 0.756 e. The van der Waals surface area contributed by atoms with Crippen molar-refractivity contribution in [1.82, 2.24) is 62.8 Å². The molecule has 2 fully saturated rings. The number of phosphoric acid groups is 2. The lowest BCUT2D eigenvalue weighted by atomic mass is 9.98. The average Bonchev–Trinajstić information content (AvgIpc) is 1.52. The first-order chi connectivity index (χ1) is 42.1. The van der Waals surface area contributed by atoms with Gasteiger partial charge in [0.2, 0.25) is 11.9 Å². The first-order valence-corrected chi connectivity index (χ1v) is 31.3. The number of ether oxygens (including phenoxy) is 6. The van der Waals surface area contributed by atoms with E-state index in [0.717, 1.165) is 12.8 Å². The molecule has 6 aromatic rings. The fourth-order valence-electron chi connectivity index (χ4n) is 9.09. The molecule has 15 N–H and O–H groups in total. The van der Waals surface area contributed by atoms with Crippen LogP contribution in [0, 0.1) is 23.0 Å². The SMILES string of the molecule is C.CCNC(=O)Nc1nc2c([C@H]3CCCO3)c(F)c(-c3cnc(C(C)(C)OP(=O)(OCCC#N)OCCOCCOC)nc3)cc2[nH]1.CCNC(=O)Nc1nc2c([C@H]3CCCO3)c(F)c(-c3cnc(C(C)(C)OP(=O)([O-])OCCOCCOC)nc3)cc2[nH]1.N.O.[NH4+]. The van der Waals surface area contributed by atoms with Crippen molar-refractivity contribution in [2.75, 3.05) is 111 Å². The van der Waals surface area contributed by atoms with Gasteiger partial charge in [-0.3, -0.25) is 28.8 Å². The Morgan fingerprint density at radius 3 is 1.48 bits per heavy atom. The summed E-state index contributed by atoms with van der Waals surface area (Å²) in [5.74, 6) is -0.619. The van der Waals surface area contributed by atoms with Gasteiger partial charge in [-0.1, -0.05) is 7.43 Å². The number of anilines is 2. The maximum Gasteiger partial charge on any atom is 0.475 e. The van der Waals surface area contributed by atoms with E-state index < -0.39 is 62.8 Å². The number of aromatic nitrogens is 8. The molecule has 4 atom stereocenters. The molecule has 0 saturated carbocycles. The predicted octanol–water partition coefficient (Wildman–Crippen LogP) is 9.02. The van der Waals surface area contributed by atoms with Crippen LogP contribution in [-0.4, -0.2) is 157 Å². The number of halogens is 2. The van der Waals surface area contributed by atoms with Gasteiger partial charge in [-0.05, 0) is 79.4 Å². The summed E-state index contributed by atoms with van der Waals surface area (Å²) in [6.45, 7) is 12.5. The Balaban J connectivity index is 0.000000462. The number of benzene rings is 2. The fourth-order valence-corrected chi connectivity index (χ4v) is 11.5. The molecular weight excluding hydrogens is 1250 g/mol. The maximum absolute atomic E-state index is 16.2. The van der Waals surface area contributed by atoms with Crippen LogP contribution < -0.4 is 38.5 Å². The van der Waals surface area contributed by atoms with Crippen LogP contribution in [-0.2, 0) is 71.4 Å². The van der Waals surface area contributed by atoms with Crippen molar-refractivity contribution in [1.29, 1.82) is 5.26 Å². The highest BCUT2D eigenvalue weighted by molar-refractivity contribution is 7.48. The summed E-state index contributed by atoms with van der Waals surface area (Å²) >= 11 is 0. The molecule has 8 rings (SSSR count). The van der Waals surface area contributed by atoms with Crippen LogP contribution >= 0.6 is 15.6 Å². The van der Waals surface area contributed by atoms with Crippen LogP contribution in [0.3, 0.4) is 0 Å². The van der Waals surface area contributed by atoms with Crippen LogP contribution in [0.25, 0.3) is 44.3 Å². The number of H-pyrrole nitrogens is 2. The van der Waals surface area contributed by atoms with E-state index in [9.17, 15) is 23.6 Å². The molecule has 32 nitrogen and oxygen atoms in total. The number of nitrogens with one attached hydrogen (secondary N) is 6. The van der Waals surface area contributed by atoms with Crippen LogP contribution in [0.4, 0.5) is 30.3 Å². The third-order valence-corrected chi connectivity index (χ3v) is 16.0. The molecule has 6 heterocycles. The van der Waals surface area contributed by atoms with Gasteiger partial charge in [-0.2, -0.15) is 5.26 Å². The van der Waals surface area contributed by atoms with Crippen molar-refractivity contribution in [3.8, 4) is 28.3 Å². The molecule has 512 valence electrons. The molecular formula is C56H87F2N15O17P2. The summed E-state index contributed by atoms with van der Waals surface area (Å²) in [5.41, 5.74) is 0.386. The lowest BCUT2D eigenvalue weighted by Gasteiger charge is -2.32. The second-order valence-electron chi connectivity index (χ2n) is 20.5. The van der Waals surface area contributed by atoms with Gasteiger partial charge in [0.1, 0.15) is 22.8 Å². The lowest BCUT2D eigenvalue weighted by molar-refractivity contribution is -0.237. The number of fused-ring (bicyclic) bond motifs is 2. The van der Waals surface area contributed by atoms with Gasteiger partial charge in [0, 0.05) is 98.7 Å². The first kappa shape index (κ1) is 79.5. The molecule has 4 amide bonds. The monoisotopic (exact) mass is 1340 g/mol. The Morgan fingerprint density at radius 1 is 0.685 bits per heavy atom. The quantitative estimate of drug-likeness (QED) is 0.0148. The van der Waals surface area contributed by atoms with Crippen molar-refractivity contribution in [3.05, 3.63) is 71.3 Å². The third-order valence-electron chi connectivity index (χ3n) is 13.1. The second kappa shape index (κ2) is 37.3. The van der Waals surface area contributed by atoms with Gasteiger partial charge in [0.25, 0.3) is 7.82 Å². The maximum atomic E-state index is 16.2. The highest BCUT2D eigenvalue weighted by Crippen LogP contribution is 2.55. The van der Waals surface area contributed by atoms with E-state index in [0.29, 0.717) is 98.8 Å². The summed E-state index contributed by atoms with van der Waals surface area (Å²) in [7, 11) is -5.85. The number of urea groups is 2. The number of aromatic amines is 2. The van der Waals surface area contributed by atoms with Crippen LogP contribution in [0.1, 0.15) is 116 Å². The number of rotatable bonds is 31. The normalized spacial score (nSPS) is 15.9. The summed E-state index contributed by atoms with van der Waals surface area (Å²) in [6, 6.07) is 4.13. The van der Waals surface area contributed by atoms with E-state index in [2.05, 4.69) is 61.1 Å². The second-order valence-corrected chi connectivity index (χ2v) is 23.5. The van der Waals surface area contributed by atoms with E-state index in [1.54, 1.807) is 46.9 Å². The molecule has 2 unspecified atom stereocenters. The molecule has 4 aromatic heterocycles. The van der Waals surface area contributed by atoms with Crippen molar-refractivity contribution >= 4 is 61.7 Å². The molecule has 2 saturated heterocycles. The van der Waals surface area contributed by atoms with Gasteiger partial charge >= 0.3 is 19.9 Å². The van der Waals surface area contributed by atoms with Crippen molar-refractivity contribution in [2.24, 2.45) is 0 Å². The molecule has 36 heteroatoms. The summed E-state index contributed by atoms with van der Waals surface area (Å²) in [4.78, 5) is 68.8. The Kier molecular flexibility index (Phi) is 32.2. The van der Waals surface area contributed by atoms with Crippen LogP contribution in [0.2, 0.25) is 0 Å². The van der Waals surface area contributed by atoms with Crippen molar-refractivity contribution < 1.29 is 88.9 Å². The lowest BCUT2D eigenvalue weighted by Crippen LogP contribution is -2.28. The number of quaternary nitrogens is 1. The van der Waals surface area contributed by atoms with Crippen LogP contribution in [0.5, 0.6) is 0 Å². The van der Waals surface area contributed by atoms with Crippen LogP contribution in [0.15, 0.2) is 36.9 Å². The number of hydrogen-bond acceptors (Lipinski definition) is 24. The highest BCUT2D eigenvalue weighted by Gasteiger charge is 2.39. The summed E-state index contributed by atoms with van der Waals surface area (Å²) < 4.78 is 117. The summed E-state index contributed by atoms with van der Waals surface area (Å²) in [5, 5.41) is 19.4. The predicted molar refractivity (Wildman–Crippen MR) is 334 cm³/mol. The standard InChI is InChI=1S/C29H39FN7O8P.C26H36FN6O8P.CH4.2H3N.H2O/c1-5-32-28(38)37-27-35-21-16-20(24(30)23(25(21)36-27)22-8-6-10-42-22)19-17-33-26(34-18-19)29(2,3)45-46(39,43-11-7-9-31)44-15-14-41-13-12-40-4;1-5-28-25(34)33-24-31-18-13-17(21(27)20(22(18)32-24)19-7-6-8-39-19)16-14-29-23(30-15-16)26(2,3)41-42(35,36)40-12-11-38-10-9-37-4;;;;/h16-18,22H,5-8,10-15H2,1-4H3,(H3,32,35,36,37,38);13-15,19H,5-12H2,1-4H3,(H,35,36)(H3,28,31,32,33,34);1H4;2*1H3;1H2/t22-,46?;19-;;;;/m11..../s1. The zero-order valence-electron chi connectivity index (χ0n) is 52.4. The fraction of sp³-hybridized carbons (Fsp3) is 0.554. The van der Waals surface area contributed by atoms with E-state index in [1.165, 1.54) is 45.7 Å². The molecule has 0 spiro atoms. The minimum Gasteiger partial charge on any atom is -0.756 e. The van der Waals surface area contributed by atoms with Gasteiger partial charge in [-0.25, -0.2) is 52.8 Å². The van der Waals surface area contributed by atoms with Gasteiger partial charge < -0.3 is 80.7 Å². The number of methoxy groups -OCH3 is 2. The molecule has 2 aromatic carbocycles. The first-order valence-electron chi connectivity index (χ1n) is 28.3. The molecule has 0 aliphatic carbocycles. The summed E-state index contributed by atoms with van der Waals surface area (Å²) in [6.07, 6.45) is 7.30. The third kappa shape index (κ3) is 21.7. The minimum absolute atomic E-state index is 0. The Morgan fingerprint density at radius 2 is 1.09 bits per heavy atom. The number of nitrogens with zero attached hydrogens (tertiary/aromatic N) is 7. The molecule has 2 aliphatic rings. The number of phosphoric ester groups is 2. The van der Waals surface area contributed by atoms with E-state index in [1.807, 2.05) is 6.07 Å². The van der Waals surface area contributed by atoms with Gasteiger partial charge in [-0.15, -0.1) is 0 Å². The highest BCUT2D eigenvalue weighted by atomic mass is 31.2. The topological polar surface area (TPSA) is 477 Å². The number of amides is 4. The van der Waals surface area contributed by atoms with E-state index in [-0.39, 0.29) is 110 Å². The molecule has 0 bridgehead atoms. The number of nitriles is 1. The van der Waals surface area contributed by atoms with E-state index >= 15 is 8.78 Å². The number of hydrogen-bond donors (Lipinski definition) is 8. The number of carbonyl (C=O) groups excluding carboxylic acids is 2. The number of carbonyl (C=O) groups is 2. The van der Waals surface area contributed by atoms with Gasteiger partial charge in [0.05, 0.1) is 106 Å². The smallest absolute Gasteiger partial charge is 0.475 e. The molecule has 92 heavy (non-hydrogen) atoms. The van der Waals surface area contributed by atoms with E-state index in [4.69, 9.17) is 56.3 Å². The Bertz CT molecular complexity index is 3420. The number of imidazole rings is 2.